The van der Waals surface area contributed by atoms with Crippen LogP contribution in [-0.4, -0.2) is 23.5 Å². The summed E-state index contributed by atoms with van der Waals surface area (Å²) in [6.45, 7) is -0.521. The van der Waals surface area contributed by atoms with E-state index in [1.165, 1.54) is 17.5 Å². The smallest absolute Gasteiger partial charge is 0.374 e. The second-order valence-corrected chi connectivity index (χ2v) is 6.97. The predicted molar refractivity (Wildman–Crippen MR) is 91.2 cm³/mol. The van der Waals surface area contributed by atoms with Crippen LogP contribution in [0, 0.1) is 0 Å². The van der Waals surface area contributed by atoms with Crippen molar-refractivity contribution >= 4 is 55.2 Å². The van der Waals surface area contributed by atoms with Crippen molar-refractivity contribution in [1.82, 2.24) is 4.98 Å². The van der Waals surface area contributed by atoms with E-state index in [0.717, 1.165) is 9.85 Å². The van der Waals surface area contributed by atoms with Crippen molar-refractivity contribution in [2.75, 3.05) is 11.9 Å². The molecule has 3 aromatic rings. The van der Waals surface area contributed by atoms with Gasteiger partial charge in [0.25, 0.3) is 5.91 Å². The highest BCUT2D eigenvalue weighted by Crippen LogP contribution is 2.22. The van der Waals surface area contributed by atoms with E-state index < -0.39 is 18.5 Å². The Kier molecular flexibility index (Phi) is 4.72. The number of amides is 1. The van der Waals surface area contributed by atoms with E-state index in [1.807, 2.05) is 0 Å². The molecule has 7 nitrogen and oxygen atoms in total. The summed E-state index contributed by atoms with van der Waals surface area (Å²) in [6, 6.07) is 7.58. The number of ether oxygens (including phenoxy) is 1. The topological polar surface area (TPSA) is 98.5 Å². The van der Waals surface area contributed by atoms with E-state index in [2.05, 4.69) is 26.2 Å². The monoisotopic (exact) mass is 408 g/mol. The largest absolute Gasteiger partial charge is 0.450 e. The lowest BCUT2D eigenvalue weighted by atomic mass is 10.2. The summed E-state index contributed by atoms with van der Waals surface area (Å²) in [4.78, 5) is 39.5. The van der Waals surface area contributed by atoms with Crippen LogP contribution in [0.1, 0.15) is 10.6 Å². The number of nitrogens with one attached hydrogen (secondary N) is 1. The Bertz CT molecular complexity index is 981. The zero-order chi connectivity index (χ0) is 17.1. The number of rotatable bonds is 4. The molecule has 0 saturated heterocycles. The van der Waals surface area contributed by atoms with Crippen LogP contribution < -0.4 is 10.7 Å². The number of para-hydroxylation sites is 1. The maximum Gasteiger partial charge on any atom is 0.374 e. The van der Waals surface area contributed by atoms with Crippen molar-refractivity contribution in [2.24, 2.45) is 0 Å². The predicted octanol–water partition coefficient (Wildman–Crippen LogP) is 2.81. The van der Waals surface area contributed by atoms with Crippen LogP contribution in [0.3, 0.4) is 0 Å². The molecule has 0 atom stereocenters. The summed E-state index contributed by atoms with van der Waals surface area (Å²) in [5, 5.41) is 3.22. The highest BCUT2D eigenvalue weighted by Gasteiger charge is 2.16. The molecule has 24 heavy (non-hydrogen) atoms. The van der Waals surface area contributed by atoms with Gasteiger partial charge in [0.2, 0.25) is 5.76 Å². The van der Waals surface area contributed by atoms with Crippen molar-refractivity contribution in [3.63, 3.8) is 0 Å². The Morgan fingerprint density at radius 3 is 2.88 bits per heavy atom. The molecular weight excluding hydrogens is 400 g/mol. The third kappa shape index (κ3) is 3.69. The van der Waals surface area contributed by atoms with Crippen molar-refractivity contribution in [2.45, 2.75) is 0 Å². The highest BCUT2D eigenvalue weighted by molar-refractivity contribution is 9.11. The molecule has 0 fully saturated rings. The van der Waals surface area contributed by atoms with Gasteiger partial charge in [0.15, 0.2) is 17.2 Å². The highest BCUT2D eigenvalue weighted by atomic mass is 79.9. The van der Waals surface area contributed by atoms with Gasteiger partial charge in [-0.15, -0.1) is 0 Å². The van der Waals surface area contributed by atoms with Crippen molar-refractivity contribution in [3.05, 3.63) is 56.3 Å². The average molecular weight is 409 g/mol. The number of aromatic nitrogens is 1. The molecule has 0 unspecified atom stereocenters. The summed E-state index contributed by atoms with van der Waals surface area (Å²) in [6.07, 6.45) is 1.54. The molecule has 0 radical (unpaired) electrons. The van der Waals surface area contributed by atoms with Crippen LogP contribution in [0.25, 0.3) is 11.0 Å². The summed E-state index contributed by atoms with van der Waals surface area (Å²) in [5.41, 5.74) is -0.0880. The first-order valence-corrected chi connectivity index (χ1v) is 8.25. The molecule has 1 aromatic carbocycles. The third-order valence-corrected chi connectivity index (χ3v) is 4.29. The molecule has 0 bridgehead atoms. The van der Waals surface area contributed by atoms with Crippen molar-refractivity contribution in [1.29, 1.82) is 0 Å². The van der Waals surface area contributed by atoms with Gasteiger partial charge in [-0.2, -0.15) is 0 Å². The fourth-order valence-corrected chi connectivity index (χ4v) is 3.00. The molecule has 0 saturated carbocycles. The van der Waals surface area contributed by atoms with Crippen LogP contribution in [0.5, 0.6) is 0 Å². The van der Waals surface area contributed by atoms with Gasteiger partial charge in [0.1, 0.15) is 5.58 Å². The SMILES string of the molecule is O=C(COC(=O)c1cc(=O)c2ccccc2o1)Nc1ncc(Br)s1. The molecular formula is C15H9BrN2O5S. The Morgan fingerprint density at radius 1 is 1.33 bits per heavy atom. The van der Waals surface area contributed by atoms with Crippen LogP contribution in [0.4, 0.5) is 5.13 Å². The molecule has 3 rings (SSSR count). The van der Waals surface area contributed by atoms with Gasteiger partial charge >= 0.3 is 5.97 Å². The van der Waals surface area contributed by atoms with Crippen LogP contribution in [0.2, 0.25) is 0 Å². The Hall–Kier alpha value is -2.52. The van der Waals surface area contributed by atoms with E-state index in [0.29, 0.717) is 10.5 Å². The van der Waals surface area contributed by atoms with Gasteiger partial charge in [0.05, 0.1) is 15.4 Å². The van der Waals surface area contributed by atoms with Gasteiger partial charge < -0.3 is 9.15 Å². The first-order valence-electron chi connectivity index (χ1n) is 6.64. The molecule has 0 spiro atoms. The summed E-state index contributed by atoms with van der Waals surface area (Å²) < 4.78 is 10.9. The third-order valence-electron chi connectivity index (χ3n) is 2.89. The lowest BCUT2D eigenvalue weighted by molar-refractivity contribution is -0.119. The second kappa shape index (κ2) is 6.93. The molecule has 2 heterocycles. The van der Waals surface area contributed by atoms with E-state index >= 15 is 0 Å². The zero-order valence-electron chi connectivity index (χ0n) is 11.9. The van der Waals surface area contributed by atoms with E-state index in [4.69, 9.17) is 9.15 Å². The van der Waals surface area contributed by atoms with Gasteiger partial charge in [-0.1, -0.05) is 23.5 Å². The Balaban J connectivity index is 1.66. The van der Waals surface area contributed by atoms with E-state index in [-0.39, 0.29) is 16.8 Å². The van der Waals surface area contributed by atoms with Gasteiger partial charge in [0, 0.05) is 6.07 Å². The fourth-order valence-electron chi connectivity index (χ4n) is 1.87. The number of carbonyl (C=O) groups is 2. The second-order valence-electron chi connectivity index (χ2n) is 4.56. The first kappa shape index (κ1) is 16.3. The lowest BCUT2D eigenvalue weighted by Gasteiger charge is -2.05. The molecule has 9 heteroatoms. The Morgan fingerprint density at radius 2 is 2.12 bits per heavy atom. The molecule has 0 aliphatic rings. The molecule has 122 valence electrons. The van der Waals surface area contributed by atoms with Crippen molar-refractivity contribution < 1.29 is 18.7 Å². The number of anilines is 1. The lowest BCUT2D eigenvalue weighted by Crippen LogP contribution is -2.21. The van der Waals surface area contributed by atoms with Crippen LogP contribution in [0.15, 0.2) is 49.5 Å². The molecule has 1 N–H and O–H groups in total. The number of esters is 1. The molecule has 2 aromatic heterocycles. The maximum atomic E-state index is 11.9. The van der Waals surface area contributed by atoms with Gasteiger partial charge in [-0.3, -0.25) is 14.9 Å². The number of nitrogens with zero attached hydrogens (tertiary/aromatic N) is 1. The number of carbonyl (C=O) groups excluding carboxylic acids is 2. The zero-order valence-corrected chi connectivity index (χ0v) is 14.3. The van der Waals surface area contributed by atoms with Crippen LogP contribution in [-0.2, 0) is 9.53 Å². The number of hydrogen-bond donors (Lipinski definition) is 1. The average Bonchev–Trinajstić information content (AvgIpc) is 2.97. The number of fused-ring (bicyclic) bond motifs is 1. The minimum atomic E-state index is -0.895. The first-order chi connectivity index (χ1) is 11.5. The summed E-state index contributed by atoms with van der Waals surface area (Å²) >= 11 is 4.44. The number of benzene rings is 1. The fraction of sp³-hybridized carbons (Fsp3) is 0.0667. The molecule has 1 amide bonds. The normalized spacial score (nSPS) is 10.5. The summed E-state index contributed by atoms with van der Waals surface area (Å²) in [7, 11) is 0. The number of hydrogen-bond acceptors (Lipinski definition) is 7. The quantitative estimate of drug-likeness (QED) is 0.666. The van der Waals surface area contributed by atoms with E-state index in [9.17, 15) is 14.4 Å². The standard InChI is InChI=1S/C15H9BrN2O5S/c16-12-6-17-15(24-12)18-13(20)7-22-14(21)11-5-9(19)8-3-1-2-4-10(8)23-11/h1-6H,7H2,(H,17,18,20). The van der Waals surface area contributed by atoms with Crippen LogP contribution >= 0.6 is 27.3 Å². The van der Waals surface area contributed by atoms with Gasteiger partial charge in [-0.25, -0.2) is 9.78 Å². The number of halogens is 1. The van der Waals surface area contributed by atoms with Gasteiger partial charge in [-0.05, 0) is 28.1 Å². The summed E-state index contributed by atoms with van der Waals surface area (Å²) in [5.74, 6) is -1.70. The minimum absolute atomic E-state index is 0.261. The maximum absolute atomic E-state index is 11.9. The molecule has 0 aliphatic heterocycles. The minimum Gasteiger partial charge on any atom is -0.450 e. The van der Waals surface area contributed by atoms with E-state index in [1.54, 1.807) is 24.3 Å². The molecule has 0 aliphatic carbocycles. The van der Waals surface area contributed by atoms with Crippen molar-refractivity contribution in [3.8, 4) is 0 Å². The Labute approximate surface area is 147 Å². The number of thiazole rings is 1.